The third-order valence-electron chi connectivity index (χ3n) is 2.34. The lowest BCUT2D eigenvalue weighted by molar-refractivity contribution is -0.118. The van der Waals surface area contributed by atoms with Crippen molar-refractivity contribution in [1.82, 2.24) is 20.5 Å². The first-order chi connectivity index (χ1) is 9.63. The molecule has 0 aliphatic rings. The number of thioether (sulfide) groups is 1. The standard InChI is InChI=1S/C11H15N5OS3/c1-7-15-16-11(20-7)19-6-9(17)13-4-2-3-8-5-18-10(12)14-8/h5H,2-4,6H2,1H3,(H2,12,14)(H,13,17). The van der Waals surface area contributed by atoms with Gasteiger partial charge in [-0.05, 0) is 19.8 Å². The van der Waals surface area contributed by atoms with Crippen LogP contribution in [0.15, 0.2) is 9.72 Å². The van der Waals surface area contributed by atoms with Crippen LogP contribution in [0.5, 0.6) is 0 Å². The number of anilines is 1. The van der Waals surface area contributed by atoms with Gasteiger partial charge in [0, 0.05) is 11.9 Å². The highest BCUT2D eigenvalue weighted by Crippen LogP contribution is 2.21. The second-order valence-corrected chi connectivity index (χ2v) is 7.30. The Labute approximate surface area is 129 Å². The van der Waals surface area contributed by atoms with Crippen LogP contribution < -0.4 is 11.1 Å². The van der Waals surface area contributed by atoms with Gasteiger partial charge in [0.25, 0.3) is 0 Å². The maximum absolute atomic E-state index is 11.6. The summed E-state index contributed by atoms with van der Waals surface area (Å²) in [6.45, 7) is 2.54. The van der Waals surface area contributed by atoms with Gasteiger partial charge in [0.05, 0.1) is 11.4 Å². The fourth-order valence-electron chi connectivity index (χ4n) is 1.45. The third-order valence-corrected chi connectivity index (χ3v) is 5.03. The molecule has 108 valence electrons. The molecule has 0 aliphatic carbocycles. The van der Waals surface area contributed by atoms with Crippen molar-refractivity contribution in [2.24, 2.45) is 0 Å². The minimum atomic E-state index is 0.0145. The van der Waals surface area contributed by atoms with Crippen molar-refractivity contribution < 1.29 is 4.79 Å². The number of amides is 1. The number of rotatable bonds is 7. The van der Waals surface area contributed by atoms with Gasteiger partial charge < -0.3 is 11.1 Å². The van der Waals surface area contributed by atoms with Crippen LogP contribution in [0.25, 0.3) is 0 Å². The SMILES string of the molecule is Cc1nnc(SCC(=O)NCCCc2csc(N)n2)s1. The summed E-state index contributed by atoms with van der Waals surface area (Å²) >= 11 is 4.35. The zero-order chi connectivity index (χ0) is 14.4. The fraction of sp³-hybridized carbons (Fsp3) is 0.455. The Kier molecular flexibility index (Phi) is 5.74. The highest BCUT2D eigenvalue weighted by atomic mass is 32.2. The quantitative estimate of drug-likeness (QED) is 0.593. The molecule has 0 aromatic carbocycles. The highest BCUT2D eigenvalue weighted by molar-refractivity contribution is 8.01. The van der Waals surface area contributed by atoms with Gasteiger partial charge in [0.2, 0.25) is 5.91 Å². The predicted molar refractivity (Wildman–Crippen MR) is 83.2 cm³/mol. The molecule has 0 saturated heterocycles. The number of hydrogen-bond donors (Lipinski definition) is 2. The molecule has 0 radical (unpaired) electrons. The van der Waals surface area contributed by atoms with Crippen molar-refractivity contribution in [3.63, 3.8) is 0 Å². The minimum absolute atomic E-state index is 0.0145. The van der Waals surface area contributed by atoms with Crippen molar-refractivity contribution in [1.29, 1.82) is 0 Å². The topological polar surface area (TPSA) is 93.8 Å². The number of carbonyl (C=O) groups excluding carboxylic acids is 1. The summed E-state index contributed by atoms with van der Waals surface area (Å²) in [4.78, 5) is 15.8. The Hall–Kier alpha value is -1.19. The summed E-state index contributed by atoms with van der Waals surface area (Å²) in [5, 5.41) is 14.2. The van der Waals surface area contributed by atoms with E-state index in [2.05, 4.69) is 20.5 Å². The molecule has 9 heteroatoms. The van der Waals surface area contributed by atoms with Crippen LogP contribution in [0, 0.1) is 6.92 Å². The Balaban J connectivity index is 1.58. The average molecular weight is 329 g/mol. The van der Waals surface area contributed by atoms with Crippen LogP contribution in [0.3, 0.4) is 0 Å². The number of aromatic nitrogens is 3. The van der Waals surface area contributed by atoms with Gasteiger partial charge >= 0.3 is 0 Å². The first-order valence-corrected chi connectivity index (χ1v) is 8.71. The monoisotopic (exact) mass is 329 g/mol. The number of hydrogen-bond acceptors (Lipinski definition) is 8. The summed E-state index contributed by atoms with van der Waals surface area (Å²) in [6, 6.07) is 0. The summed E-state index contributed by atoms with van der Waals surface area (Å²) in [5.74, 6) is 0.388. The van der Waals surface area contributed by atoms with Crippen molar-refractivity contribution in [2.45, 2.75) is 24.1 Å². The maximum atomic E-state index is 11.6. The van der Waals surface area contributed by atoms with Gasteiger partial charge in [0.1, 0.15) is 5.01 Å². The number of aryl methyl sites for hydroxylation is 2. The molecule has 2 heterocycles. The lowest BCUT2D eigenvalue weighted by atomic mass is 10.2. The average Bonchev–Trinajstić information content (AvgIpc) is 3.01. The summed E-state index contributed by atoms with van der Waals surface area (Å²) in [5.41, 5.74) is 6.54. The lowest BCUT2D eigenvalue weighted by Gasteiger charge is -2.03. The smallest absolute Gasteiger partial charge is 0.230 e. The molecule has 6 nitrogen and oxygen atoms in total. The van der Waals surface area contributed by atoms with Crippen molar-refractivity contribution in [2.75, 3.05) is 18.0 Å². The van der Waals surface area contributed by atoms with Gasteiger partial charge in [-0.15, -0.1) is 21.5 Å². The summed E-state index contributed by atoms with van der Waals surface area (Å²) in [7, 11) is 0. The van der Waals surface area contributed by atoms with Crippen molar-refractivity contribution >= 4 is 45.5 Å². The number of nitrogens with one attached hydrogen (secondary N) is 1. The van der Waals surface area contributed by atoms with Gasteiger partial charge in [-0.2, -0.15) is 0 Å². The van der Waals surface area contributed by atoms with E-state index in [9.17, 15) is 4.79 Å². The Morgan fingerprint density at radius 3 is 3.00 bits per heavy atom. The van der Waals surface area contributed by atoms with E-state index in [-0.39, 0.29) is 5.91 Å². The molecule has 2 rings (SSSR count). The number of carbonyl (C=O) groups is 1. The van der Waals surface area contributed by atoms with E-state index in [0.29, 0.717) is 17.4 Å². The largest absolute Gasteiger partial charge is 0.375 e. The summed E-state index contributed by atoms with van der Waals surface area (Å²) in [6.07, 6.45) is 1.69. The van der Waals surface area contributed by atoms with Gasteiger partial charge in [-0.25, -0.2) is 4.98 Å². The number of thiazole rings is 1. The molecule has 2 aromatic rings. The van der Waals surface area contributed by atoms with Gasteiger partial charge in [-0.3, -0.25) is 4.79 Å². The second kappa shape index (κ2) is 7.55. The first-order valence-electron chi connectivity index (χ1n) is 6.03. The van der Waals surface area contributed by atoms with Crippen LogP contribution in [-0.4, -0.2) is 33.4 Å². The maximum Gasteiger partial charge on any atom is 0.230 e. The highest BCUT2D eigenvalue weighted by Gasteiger charge is 2.06. The number of nitrogens with two attached hydrogens (primary N) is 1. The lowest BCUT2D eigenvalue weighted by Crippen LogP contribution is -2.26. The van der Waals surface area contributed by atoms with E-state index in [0.717, 1.165) is 27.9 Å². The van der Waals surface area contributed by atoms with Crippen molar-refractivity contribution in [3.8, 4) is 0 Å². The number of nitrogens with zero attached hydrogens (tertiary/aromatic N) is 3. The Bertz CT molecular complexity index is 568. The summed E-state index contributed by atoms with van der Waals surface area (Å²) < 4.78 is 0.829. The van der Waals surface area contributed by atoms with E-state index >= 15 is 0 Å². The molecular weight excluding hydrogens is 314 g/mol. The zero-order valence-electron chi connectivity index (χ0n) is 11.0. The van der Waals surface area contributed by atoms with Crippen LogP contribution in [0.4, 0.5) is 5.13 Å². The zero-order valence-corrected chi connectivity index (χ0v) is 13.4. The van der Waals surface area contributed by atoms with E-state index in [4.69, 9.17) is 5.73 Å². The van der Waals surface area contributed by atoms with Gasteiger partial charge in [0.15, 0.2) is 9.47 Å². The van der Waals surface area contributed by atoms with E-state index in [1.807, 2.05) is 12.3 Å². The fourth-order valence-corrected chi connectivity index (χ4v) is 3.69. The molecule has 1 amide bonds. The normalized spacial score (nSPS) is 10.7. The number of nitrogen functional groups attached to an aromatic ring is 1. The third kappa shape index (κ3) is 5.06. The minimum Gasteiger partial charge on any atom is -0.375 e. The Morgan fingerprint density at radius 2 is 2.35 bits per heavy atom. The molecule has 20 heavy (non-hydrogen) atoms. The van der Waals surface area contributed by atoms with E-state index in [1.54, 1.807) is 0 Å². The van der Waals surface area contributed by atoms with Crippen molar-refractivity contribution in [3.05, 3.63) is 16.1 Å². The molecule has 0 fully saturated rings. The first kappa shape index (κ1) is 15.2. The molecule has 0 saturated carbocycles. The molecule has 0 aliphatic heterocycles. The second-order valence-electron chi connectivity index (χ2n) is 4.01. The van der Waals surface area contributed by atoms with Gasteiger partial charge in [-0.1, -0.05) is 23.1 Å². The van der Waals surface area contributed by atoms with E-state index < -0.39 is 0 Å². The molecule has 3 N–H and O–H groups in total. The molecule has 2 aromatic heterocycles. The molecule has 0 spiro atoms. The molecular formula is C11H15N5OS3. The van der Waals surface area contributed by atoms with Crippen LogP contribution in [0.1, 0.15) is 17.1 Å². The predicted octanol–water partition coefficient (Wildman–Crippen LogP) is 1.73. The molecule has 0 bridgehead atoms. The molecule has 0 atom stereocenters. The van der Waals surface area contributed by atoms with Crippen LogP contribution in [0.2, 0.25) is 0 Å². The molecule has 0 unspecified atom stereocenters. The van der Waals surface area contributed by atoms with E-state index in [1.165, 1.54) is 34.4 Å². The van der Waals surface area contributed by atoms with Crippen LogP contribution >= 0.6 is 34.4 Å². The Morgan fingerprint density at radius 1 is 1.50 bits per heavy atom. The van der Waals surface area contributed by atoms with Crippen LogP contribution in [-0.2, 0) is 11.2 Å².